The highest BCUT2D eigenvalue weighted by atomic mass is 35.5. The van der Waals surface area contributed by atoms with Gasteiger partial charge < -0.3 is 0 Å². The third-order valence-electron chi connectivity index (χ3n) is 2.56. The number of hydrogen-bond donors (Lipinski definition) is 0. The Morgan fingerprint density at radius 2 is 1.64 bits per heavy atom. The van der Waals surface area contributed by atoms with Crippen LogP contribution in [0.25, 0.3) is 0 Å². The van der Waals surface area contributed by atoms with Crippen LogP contribution in [0.15, 0.2) is 58.6 Å². The van der Waals surface area contributed by atoms with Gasteiger partial charge in [-0.2, -0.15) is 13.7 Å². The number of benzene rings is 2. The monoisotopic (exact) mass is 354 g/mol. The maximum atomic E-state index is 11.9. The van der Waals surface area contributed by atoms with Crippen molar-refractivity contribution in [3.63, 3.8) is 0 Å². The fraction of sp³-hybridized carbons (Fsp3) is 0. The van der Waals surface area contributed by atoms with Crippen LogP contribution in [0.5, 0.6) is 0 Å². The van der Waals surface area contributed by atoms with Crippen molar-refractivity contribution >= 4 is 39.0 Å². The molecule has 0 aliphatic rings. The highest BCUT2D eigenvalue weighted by Gasteiger charge is 2.18. The van der Waals surface area contributed by atoms with Gasteiger partial charge in [0.05, 0.1) is 15.6 Å². The van der Waals surface area contributed by atoms with E-state index >= 15 is 0 Å². The Morgan fingerprint density at radius 1 is 1.05 bits per heavy atom. The van der Waals surface area contributed by atoms with Crippen molar-refractivity contribution in [2.45, 2.75) is 4.90 Å². The summed E-state index contributed by atoms with van der Waals surface area (Å²) in [6.45, 7) is 0. The first-order chi connectivity index (χ1) is 10.5. The molecule has 2 aromatic carbocycles. The number of oxime groups is 1. The van der Waals surface area contributed by atoms with Crippen molar-refractivity contribution in [3.8, 4) is 6.07 Å². The molecule has 2 aromatic rings. The van der Waals surface area contributed by atoms with Crippen molar-refractivity contribution in [3.05, 3.63) is 64.1 Å². The highest BCUT2D eigenvalue weighted by Crippen LogP contribution is 2.25. The lowest BCUT2D eigenvalue weighted by Gasteiger charge is -2.05. The third-order valence-corrected chi connectivity index (χ3v) is 4.31. The maximum absolute atomic E-state index is 11.9. The van der Waals surface area contributed by atoms with E-state index in [1.807, 2.05) is 0 Å². The second-order valence-corrected chi connectivity index (χ2v) is 6.33. The number of nitriles is 1. The van der Waals surface area contributed by atoms with Crippen LogP contribution in [0, 0.1) is 11.3 Å². The molecule has 2 rings (SSSR count). The van der Waals surface area contributed by atoms with E-state index < -0.39 is 10.1 Å². The van der Waals surface area contributed by atoms with E-state index in [-0.39, 0.29) is 26.2 Å². The average Bonchev–Trinajstić information content (AvgIpc) is 2.51. The minimum atomic E-state index is -4.12. The molecular weight excluding hydrogens is 347 g/mol. The molecule has 0 aliphatic heterocycles. The van der Waals surface area contributed by atoms with Gasteiger partial charge in [0.15, 0.2) is 5.71 Å². The molecule has 0 saturated heterocycles. The molecule has 0 N–H and O–H groups in total. The summed E-state index contributed by atoms with van der Waals surface area (Å²) < 4.78 is 28.5. The SMILES string of the molecule is N#CC(=NOS(=O)(=O)c1ccccc1)c1c(Cl)cccc1Cl. The number of halogens is 2. The summed E-state index contributed by atoms with van der Waals surface area (Å²) in [4.78, 5) is -0.0821. The summed E-state index contributed by atoms with van der Waals surface area (Å²) in [7, 11) is -4.12. The van der Waals surface area contributed by atoms with Crippen molar-refractivity contribution in [2.24, 2.45) is 5.16 Å². The van der Waals surface area contributed by atoms with E-state index in [1.54, 1.807) is 18.2 Å². The molecule has 112 valence electrons. The zero-order valence-electron chi connectivity index (χ0n) is 10.9. The van der Waals surface area contributed by atoms with E-state index in [0.717, 1.165) is 0 Å². The Bertz CT molecular complexity index is 839. The van der Waals surface area contributed by atoms with Crippen LogP contribution in [0.4, 0.5) is 0 Å². The molecule has 0 amide bonds. The minimum Gasteiger partial charge on any atom is -0.263 e. The van der Waals surface area contributed by atoms with Gasteiger partial charge in [0.25, 0.3) is 0 Å². The van der Waals surface area contributed by atoms with Gasteiger partial charge in [-0.05, 0) is 24.3 Å². The summed E-state index contributed by atoms with van der Waals surface area (Å²) in [6, 6.07) is 13.7. The topological polar surface area (TPSA) is 79.5 Å². The van der Waals surface area contributed by atoms with E-state index in [2.05, 4.69) is 9.44 Å². The maximum Gasteiger partial charge on any atom is 0.358 e. The van der Waals surface area contributed by atoms with Gasteiger partial charge in [-0.1, -0.05) is 52.6 Å². The van der Waals surface area contributed by atoms with Crippen LogP contribution in [0.3, 0.4) is 0 Å². The largest absolute Gasteiger partial charge is 0.358 e. The van der Waals surface area contributed by atoms with Gasteiger partial charge >= 0.3 is 10.1 Å². The predicted octanol–water partition coefficient (Wildman–Crippen LogP) is 3.63. The molecule has 0 fully saturated rings. The molecule has 5 nitrogen and oxygen atoms in total. The molecule has 0 saturated carbocycles. The van der Waals surface area contributed by atoms with Crippen LogP contribution in [0.1, 0.15) is 5.56 Å². The molecule has 0 aliphatic carbocycles. The molecule has 0 bridgehead atoms. The fourth-order valence-electron chi connectivity index (χ4n) is 1.56. The van der Waals surface area contributed by atoms with Gasteiger partial charge in [0, 0.05) is 0 Å². The zero-order chi connectivity index (χ0) is 16.2. The van der Waals surface area contributed by atoms with Crippen LogP contribution in [-0.4, -0.2) is 14.1 Å². The second-order valence-electron chi connectivity index (χ2n) is 3.99. The first-order valence-electron chi connectivity index (χ1n) is 5.87. The Balaban J connectivity index is 2.38. The van der Waals surface area contributed by atoms with E-state index in [9.17, 15) is 8.42 Å². The van der Waals surface area contributed by atoms with Crippen molar-refractivity contribution < 1.29 is 12.7 Å². The lowest BCUT2D eigenvalue weighted by atomic mass is 10.1. The van der Waals surface area contributed by atoms with Crippen molar-refractivity contribution in [1.82, 2.24) is 0 Å². The van der Waals surface area contributed by atoms with Gasteiger partial charge in [-0.3, -0.25) is 4.28 Å². The van der Waals surface area contributed by atoms with E-state index in [4.69, 9.17) is 28.5 Å². The normalized spacial score (nSPS) is 11.8. The van der Waals surface area contributed by atoms with E-state index in [0.29, 0.717) is 0 Å². The summed E-state index contributed by atoms with van der Waals surface area (Å²) in [6.07, 6.45) is 0. The Morgan fingerprint density at radius 3 is 2.18 bits per heavy atom. The van der Waals surface area contributed by atoms with Crippen molar-refractivity contribution in [1.29, 1.82) is 5.26 Å². The molecule has 22 heavy (non-hydrogen) atoms. The number of nitrogens with zero attached hydrogens (tertiary/aromatic N) is 2. The summed E-state index contributed by atoms with van der Waals surface area (Å²) >= 11 is 11.9. The van der Waals surface area contributed by atoms with Crippen molar-refractivity contribution in [2.75, 3.05) is 0 Å². The second kappa shape index (κ2) is 6.79. The van der Waals surface area contributed by atoms with Crippen LogP contribution in [0.2, 0.25) is 10.0 Å². The smallest absolute Gasteiger partial charge is 0.263 e. The molecule has 8 heteroatoms. The quantitative estimate of drug-likeness (QED) is 0.620. The fourth-order valence-corrected chi connectivity index (χ4v) is 2.89. The first-order valence-corrected chi connectivity index (χ1v) is 8.03. The molecule has 0 aromatic heterocycles. The summed E-state index contributed by atoms with van der Waals surface area (Å²) in [5, 5.41) is 12.8. The number of rotatable bonds is 4. The van der Waals surface area contributed by atoms with Crippen LogP contribution in [-0.2, 0) is 14.4 Å². The lowest BCUT2D eigenvalue weighted by molar-refractivity contribution is 0.339. The average molecular weight is 355 g/mol. The number of hydrogen-bond acceptors (Lipinski definition) is 5. The van der Waals surface area contributed by atoms with Gasteiger partial charge in [0.2, 0.25) is 0 Å². The molecule has 0 spiro atoms. The molecule has 0 heterocycles. The Labute approximate surface area is 137 Å². The standard InChI is InChI=1S/C14H8Cl2N2O3S/c15-11-7-4-8-12(16)14(11)13(9-17)18-21-22(19,20)10-5-2-1-3-6-10/h1-8H. The summed E-state index contributed by atoms with van der Waals surface area (Å²) in [5.74, 6) is 0. The van der Waals surface area contributed by atoms with Crippen LogP contribution >= 0.6 is 23.2 Å². The Kier molecular flexibility index (Phi) is 5.03. The molecular formula is C14H8Cl2N2O3S. The van der Waals surface area contributed by atoms with Gasteiger partial charge in [-0.25, -0.2) is 0 Å². The lowest BCUT2D eigenvalue weighted by Crippen LogP contribution is -2.06. The molecule has 0 atom stereocenters. The minimum absolute atomic E-state index is 0.0821. The predicted molar refractivity (Wildman–Crippen MR) is 83.3 cm³/mol. The molecule has 0 unspecified atom stereocenters. The Hall–Kier alpha value is -2.07. The van der Waals surface area contributed by atoms with Gasteiger partial charge in [-0.15, -0.1) is 0 Å². The molecule has 0 radical (unpaired) electrons. The first kappa shape index (κ1) is 16.3. The van der Waals surface area contributed by atoms with Gasteiger partial charge in [0.1, 0.15) is 11.0 Å². The summed E-state index contributed by atoms with van der Waals surface area (Å²) in [5.41, 5.74) is -0.230. The third kappa shape index (κ3) is 3.57. The van der Waals surface area contributed by atoms with E-state index in [1.165, 1.54) is 36.4 Å². The highest BCUT2D eigenvalue weighted by molar-refractivity contribution is 7.86. The zero-order valence-corrected chi connectivity index (χ0v) is 13.2. The van der Waals surface area contributed by atoms with Crippen LogP contribution < -0.4 is 0 Å².